The van der Waals surface area contributed by atoms with Crippen molar-refractivity contribution in [3.63, 3.8) is 0 Å². The van der Waals surface area contributed by atoms with Crippen molar-refractivity contribution in [1.82, 2.24) is 0 Å². The van der Waals surface area contributed by atoms with E-state index in [1.807, 2.05) is 24.3 Å². The molecule has 5 heteroatoms. The van der Waals surface area contributed by atoms with Crippen LogP contribution in [0, 0.1) is 5.92 Å². The zero-order valence-electron chi connectivity index (χ0n) is 15.8. The van der Waals surface area contributed by atoms with E-state index in [1.165, 1.54) is 0 Å². The number of unbranched alkanes of at least 4 members (excludes halogenated alkanes) is 4. The third-order valence-electron chi connectivity index (χ3n) is 3.97. The van der Waals surface area contributed by atoms with Crippen LogP contribution in [0.2, 0.25) is 0 Å². The van der Waals surface area contributed by atoms with Crippen LogP contribution in [0.4, 0.5) is 0 Å². The number of carbonyl (C=O) groups is 1. The number of hydrogen-bond donors (Lipinski definition) is 0. The van der Waals surface area contributed by atoms with Crippen molar-refractivity contribution >= 4 is 19.1 Å². The molecule has 140 valence electrons. The maximum Gasteiger partial charge on any atom is 0.381 e. The van der Waals surface area contributed by atoms with Gasteiger partial charge in [-0.05, 0) is 31.9 Å². The van der Waals surface area contributed by atoms with E-state index in [1.54, 1.807) is 6.92 Å². The number of esters is 1. The average molecular weight is 367 g/mol. The van der Waals surface area contributed by atoms with E-state index in [9.17, 15) is 9.36 Å². The first-order valence-electron chi connectivity index (χ1n) is 9.43. The van der Waals surface area contributed by atoms with Gasteiger partial charge in [-0.3, -0.25) is 4.79 Å². The summed E-state index contributed by atoms with van der Waals surface area (Å²) in [6, 6.07) is 7.41. The van der Waals surface area contributed by atoms with Crippen molar-refractivity contribution in [2.24, 2.45) is 5.92 Å². The summed E-state index contributed by atoms with van der Waals surface area (Å²) in [5, 5.41) is 0.694. The van der Waals surface area contributed by atoms with E-state index in [0.717, 1.165) is 38.5 Å². The molecule has 0 saturated carbocycles. The van der Waals surface area contributed by atoms with Crippen LogP contribution < -0.4 is 10.0 Å². The quantitative estimate of drug-likeness (QED) is 0.277. The number of carbonyl (C=O) groups excluding carboxylic acids is 1. The molecule has 0 bridgehead atoms. The van der Waals surface area contributed by atoms with Crippen molar-refractivity contribution < 1.29 is 18.8 Å². The fourth-order valence-electron chi connectivity index (χ4n) is 2.41. The van der Waals surface area contributed by atoms with Gasteiger partial charge in [0.1, 0.15) is 0 Å². The van der Waals surface area contributed by atoms with Crippen LogP contribution >= 0.6 is 7.80 Å². The fourth-order valence-corrected chi connectivity index (χ4v) is 3.89. The summed E-state index contributed by atoms with van der Waals surface area (Å²) in [6.07, 6.45) is 6.56. The first kappa shape index (κ1) is 21.6. The molecule has 0 aromatic heterocycles. The monoisotopic (exact) mass is 367 g/mol. The molecule has 0 N–H and O–H groups in total. The second-order valence-electron chi connectivity index (χ2n) is 6.36. The average Bonchev–Trinajstić information content (AvgIpc) is 2.62. The molecule has 0 radical (unpaired) electrons. The Morgan fingerprint density at radius 1 is 1.04 bits per heavy atom. The normalized spacial score (nSPS) is 12.5. The number of para-hydroxylation sites is 1. The molecule has 25 heavy (non-hydrogen) atoms. The number of hydrogen-bond acceptors (Lipinski definition) is 4. The highest BCUT2D eigenvalue weighted by Gasteiger charge is 2.31. The Kier molecular flexibility index (Phi) is 11.1. The van der Waals surface area contributed by atoms with Crippen molar-refractivity contribution in [2.45, 2.75) is 59.3 Å². The SMILES string of the molecule is CCCCCOC(=O)C(C)C[P+](=O)c1ccccc1OCCCCC. The minimum atomic E-state index is -1.69. The van der Waals surface area contributed by atoms with Crippen LogP contribution in [-0.2, 0) is 14.1 Å². The highest BCUT2D eigenvalue weighted by molar-refractivity contribution is 7.53. The maximum atomic E-state index is 12.7. The predicted molar refractivity (Wildman–Crippen MR) is 103 cm³/mol. The summed E-state index contributed by atoms with van der Waals surface area (Å²) < 4.78 is 23.8. The van der Waals surface area contributed by atoms with Crippen LogP contribution in [0.15, 0.2) is 24.3 Å². The van der Waals surface area contributed by atoms with E-state index in [0.29, 0.717) is 24.3 Å². The van der Waals surface area contributed by atoms with Crippen molar-refractivity contribution in [2.75, 3.05) is 19.4 Å². The molecule has 2 unspecified atom stereocenters. The molecule has 1 aromatic rings. The molecular formula is C20H32O4P+. The van der Waals surface area contributed by atoms with Gasteiger partial charge in [0, 0.05) is 0 Å². The smallest absolute Gasteiger partial charge is 0.381 e. The fraction of sp³-hybridized carbons (Fsp3) is 0.650. The van der Waals surface area contributed by atoms with Gasteiger partial charge in [0.2, 0.25) is 5.30 Å². The summed E-state index contributed by atoms with van der Waals surface area (Å²) in [4.78, 5) is 12.0. The van der Waals surface area contributed by atoms with Crippen molar-refractivity contribution in [3.8, 4) is 5.75 Å². The third kappa shape index (κ3) is 8.49. The van der Waals surface area contributed by atoms with Crippen LogP contribution in [0.5, 0.6) is 5.75 Å². The molecular weight excluding hydrogens is 335 g/mol. The van der Waals surface area contributed by atoms with Gasteiger partial charge in [-0.15, -0.1) is 0 Å². The Bertz CT molecular complexity index is 530. The Balaban J connectivity index is 2.54. The first-order valence-corrected chi connectivity index (χ1v) is 10.9. The van der Waals surface area contributed by atoms with Gasteiger partial charge >= 0.3 is 13.8 Å². The molecule has 1 aromatic carbocycles. The molecule has 0 aliphatic carbocycles. The maximum absolute atomic E-state index is 12.7. The standard InChI is InChI=1S/C20H32O4P/c1-4-6-10-14-23-18-12-8-9-13-19(18)25(22)16-17(3)20(21)24-15-11-7-5-2/h8-9,12-13,17H,4-7,10-11,14-16H2,1-3H3/q+1. The van der Waals surface area contributed by atoms with Crippen molar-refractivity contribution in [3.05, 3.63) is 24.3 Å². The highest BCUT2D eigenvalue weighted by Crippen LogP contribution is 2.29. The number of benzene rings is 1. The topological polar surface area (TPSA) is 52.6 Å². The highest BCUT2D eigenvalue weighted by atomic mass is 31.1. The largest absolute Gasteiger partial charge is 0.489 e. The molecule has 0 aliphatic heterocycles. The zero-order chi connectivity index (χ0) is 18.5. The van der Waals surface area contributed by atoms with Gasteiger partial charge < -0.3 is 9.47 Å². The van der Waals surface area contributed by atoms with Gasteiger partial charge in [0.15, 0.2) is 11.9 Å². The lowest BCUT2D eigenvalue weighted by molar-refractivity contribution is -0.147. The second kappa shape index (κ2) is 12.9. The first-order chi connectivity index (χ1) is 12.1. The van der Waals surface area contributed by atoms with Crippen LogP contribution in [0.1, 0.15) is 59.3 Å². The molecule has 2 atom stereocenters. The Labute approximate surface area is 153 Å². The second-order valence-corrected chi connectivity index (χ2v) is 7.96. The minimum absolute atomic E-state index is 0.263. The zero-order valence-corrected chi connectivity index (χ0v) is 16.7. The van der Waals surface area contributed by atoms with E-state index >= 15 is 0 Å². The van der Waals surface area contributed by atoms with E-state index in [2.05, 4.69) is 13.8 Å². The molecule has 0 heterocycles. The lowest BCUT2D eigenvalue weighted by Crippen LogP contribution is -2.19. The number of ether oxygens (including phenoxy) is 2. The molecule has 1 rings (SSSR count). The van der Waals surface area contributed by atoms with Crippen molar-refractivity contribution in [1.29, 1.82) is 0 Å². The molecule has 0 amide bonds. The van der Waals surface area contributed by atoms with E-state index in [4.69, 9.17) is 9.47 Å². The Morgan fingerprint density at radius 3 is 2.36 bits per heavy atom. The predicted octanol–water partition coefficient (Wildman–Crippen LogP) is 5.08. The molecule has 0 saturated heterocycles. The van der Waals surface area contributed by atoms with Crippen LogP contribution in [0.3, 0.4) is 0 Å². The Morgan fingerprint density at radius 2 is 1.68 bits per heavy atom. The van der Waals surface area contributed by atoms with E-state index < -0.39 is 7.80 Å². The van der Waals surface area contributed by atoms with Crippen LogP contribution in [-0.4, -0.2) is 25.3 Å². The lowest BCUT2D eigenvalue weighted by atomic mass is 10.2. The van der Waals surface area contributed by atoms with E-state index in [-0.39, 0.29) is 18.0 Å². The van der Waals surface area contributed by atoms with Crippen LogP contribution in [0.25, 0.3) is 0 Å². The lowest BCUT2D eigenvalue weighted by Gasteiger charge is -2.08. The summed E-state index contributed by atoms with van der Waals surface area (Å²) >= 11 is 0. The van der Waals surface area contributed by atoms with Gasteiger partial charge in [-0.25, -0.2) is 0 Å². The summed E-state index contributed by atoms with van der Waals surface area (Å²) in [7, 11) is -1.69. The molecule has 0 spiro atoms. The third-order valence-corrected chi connectivity index (χ3v) is 5.76. The summed E-state index contributed by atoms with van der Waals surface area (Å²) in [5.74, 6) is 0.0300. The van der Waals surface area contributed by atoms with Gasteiger partial charge in [-0.1, -0.05) is 56.2 Å². The molecule has 4 nitrogen and oxygen atoms in total. The van der Waals surface area contributed by atoms with Gasteiger partial charge in [0.05, 0.1) is 19.1 Å². The molecule has 0 aliphatic rings. The minimum Gasteiger partial charge on any atom is -0.489 e. The summed E-state index contributed by atoms with van der Waals surface area (Å²) in [6.45, 7) is 7.11. The van der Waals surface area contributed by atoms with Gasteiger partial charge in [-0.2, -0.15) is 0 Å². The Hall–Kier alpha value is -1.41. The van der Waals surface area contributed by atoms with Gasteiger partial charge in [0.25, 0.3) is 0 Å². The summed E-state index contributed by atoms with van der Waals surface area (Å²) in [5.41, 5.74) is 0. The number of rotatable bonds is 13. The molecule has 0 fully saturated rings.